The maximum Gasteiger partial charge on any atom is 0.258 e. The first-order valence-corrected chi connectivity index (χ1v) is 4.57. The second-order valence-corrected chi connectivity index (χ2v) is 3.37. The van der Waals surface area contributed by atoms with Crippen LogP contribution in [0.4, 0.5) is 0 Å². The van der Waals surface area contributed by atoms with E-state index < -0.39 is 6.98 Å². The third-order valence-corrected chi connectivity index (χ3v) is 2.44. The largest absolute Gasteiger partial charge is 0.258 e. The summed E-state index contributed by atoms with van der Waals surface area (Å²) in [5, 5.41) is 0. The lowest BCUT2D eigenvalue weighted by Crippen LogP contribution is -2.29. The summed E-state index contributed by atoms with van der Waals surface area (Å²) in [6, 6.07) is 7.90. The number of benzene rings is 1. The summed E-state index contributed by atoms with van der Waals surface area (Å²) in [5.41, 5.74) is 2.12. The molecular weight excluding hydrogens is 172 g/mol. The van der Waals surface area contributed by atoms with E-state index >= 15 is 0 Å². The van der Waals surface area contributed by atoms with E-state index in [0.29, 0.717) is 5.82 Å². The van der Waals surface area contributed by atoms with Gasteiger partial charge >= 0.3 is 0 Å². The zero-order valence-electron chi connectivity index (χ0n) is 11.4. The van der Waals surface area contributed by atoms with Gasteiger partial charge in [-0.15, -0.1) is 0 Å². The Labute approximate surface area is 88.6 Å². The Morgan fingerprint density at radius 1 is 1.29 bits per heavy atom. The predicted octanol–water partition coefficient (Wildman–Crippen LogP) is 1.92. The molecule has 0 bridgehead atoms. The zero-order chi connectivity index (χ0) is 12.6. The molecule has 0 saturated heterocycles. The van der Waals surface area contributed by atoms with Crippen molar-refractivity contribution in [1.29, 1.82) is 0 Å². The fourth-order valence-corrected chi connectivity index (χ4v) is 1.55. The lowest BCUT2D eigenvalue weighted by Gasteiger charge is -2.01. The van der Waals surface area contributed by atoms with Gasteiger partial charge in [-0.3, -0.25) is 0 Å². The number of aryl methyl sites for hydroxylation is 2. The minimum atomic E-state index is -2.13. The molecule has 0 aliphatic carbocycles. The van der Waals surface area contributed by atoms with Crippen LogP contribution in [-0.2, 0) is 6.98 Å². The van der Waals surface area contributed by atoms with E-state index in [1.54, 1.807) is 19.3 Å². The molecule has 1 aromatic heterocycles. The van der Waals surface area contributed by atoms with Gasteiger partial charge in [0.25, 0.3) is 5.82 Å². The number of imidazole rings is 1. The van der Waals surface area contributed by atoms with Crippen molar-refractivity contribution in [2.24, 2.45) is 6.98 Å². The third-order valence-electron chi connectivity index (χ3n) is 2.44. The normalized spacial score (nSPS) is 14.6. The van der Waals surface area contributed by atoms with Crippen molar-refractivity contribution in [3.05, 3.63) is 48.0 Å². The summed E-state index contributed by atoms with van der Waals surface area (Å²) in [6.07, 6.45) is 3.37. The molecule has 72 valence electrons. The van der Waals surface area contributed by atoms with Gasteiger partial charge < -0.3 is 0 Å². The van der Waals surface area contributed by atoms with Gasteiger partial charge in [-0.1, -0.05) is 18.2 Å². The van der Waals surface area contributed by atoms with E-state index in [1.807, 2.05) is 35.8 Å². The van der Waals surface area contributed by atoms with Crippen molar-refractivity contribution in [3.8, 4) is 5.69 Å². The van der Waals surface area contributed by atoms with Gasteiger partial charge in [-0.2, -0.15) is 4.57 Å². The molecule has 0 saturated carbocycles. The number of rotatable bonds is 1. The Hall–Kier alpha value is -1.57. The standard InChI is InChI=1S/C12H15N2/c1-10-6-4-5-7-12(10)14-9-8-13(3)11(14)2/h4-9H,1-3H3/q+1/i3D3. The SMILES string of the molecule is [2H]C([2H])([2H])[n+]1ccn(-c2ccccc2C)c1C. The highest BCUT2D eigenvalue weighted by molar-refractivity contribution is 5.40. The molecule has 1 aromatic carbocycles. The molecule has 0 amide bonds. The smallest absolute Gasteiger partial charge is 0.237 e. The van der Waals surface area contributed by atoms with Crippen molar-refractivity contribution in [2.75, 3.05) is 0 Å². The average molecular weight is 190 g/mol. The fourth-order valence-electron chi connectivity index (χ4n) is 1.55. The highest BCUT2D eigenvalue weighted by Crippen LogP contribution is 2.13. The van der Waals surface area contributed by atoms with Crippen LogP contribution in [0.15, 0.2) is 36.7 Å². The van der Waals surface area contributed by atoms with Crippen LogP contribution in [-0.4, -0.2) is 4.57 Å². The number of para-hydroxylation sites is 1. The quantitative estimate of drug-likeness (QED) is 0.607. The van der Waals surface area contributed by atoms with Gasteiger partial charge in [-0.25, -0.2) is 4.57 Å². The average Bonchev–Trinajstić information content (AvgIpc) is 2.60. The first-order chi connectivity index (χ1) is 7.91. The van der Waals surface area contributed by atoms with Gasteiger partial charge in [0.15, 0.2) is 0 Å². The molecule has 0 N–H and O–H groups in total. The van der Waals surface area contributed by atoms with Crippen LogP contribution in [0.25, 0.3) is 5.69 Å². The molecule has 0 aliphatic heterocycles. The second kappa shape index (κ2) is 3.29. The van der Waals surface area contributed by atoms with Crippen LogP contribution < -0.4 is 4.57 Å². The highest BCUT2D eigenvalue weighted by atomic mass is 15.1. The van der Waals surface area contributed by atoms with Crippen LogP contribution in [0.3, 0.4) is 0 Å². The molecule has 0 spiro atoms. The predicted molar refractivity (Wildman–Crippen MR) is 56.4 cm³/mol. The van der Waals surface area contributed by atoms with Crippen LogP contribution >= 0.6 is 0 Å². The Morgan fingerprint density at radius 3 is 2.71 bits per heavy atom. The Kier molecular flexibility index (Phi) is 1.42. The van der Waals surface area contributed by atoms with Crippen LogP contribution in [0.2, 0.25) is 0 Å². The van der Waals surface area contributed by atoms with Crippen molar-refractivity contribution in [2.45, 2.75) is 13.8 Å². The summed E-state index contributed by atoms with van der Waals surface area (Å²) >= 11 is 0. The van der Waals surface area contributed by atoms with Gasteiger partial charge in [0, 0.05) is 6.92 Å². The first kappa shape index (κ1) is 6.02. The molecule has 14 heavy (non-hydrogen) atoms. The van der Waals surface area contributed by atoms with E-state index in [1.165, 1.54) is 4.57 Å². The van der Waals surface area contributed by atoms with Gasteiger partial charge in [0.05, 0.1) is 11.1 Å². The molecule has 2 heteroatoms. The van der Waals surface area contributed by atoms with Gasteiger partial charge in [0.1, 0.15) is 18.1 Å². The lowest BCUT2D eigenvalue weighted by molar-refractivity contribution is -0.677. The number of hydrogen-bond donors (Lipinski definition) is 0. The molecule has 2 rings (SSSR count). The number of aromatic nitrogens is 2. The van der Waals surface area contributed by atoms with Crippen LogP contribution in [0.5, 0.6) is 0 Å². The molecule has 2 nitrogen and oxygen atoms in total. The van der Waals surface area contributed by atoms with Crippen molar-refractivity contribution in [3.63, 3.8) is 0 Å². The van der Waals surface area contributed by atoms with Crippen molar-refractivity contribution in [1.82, 2.24) is 4.57 Å². The minimum absolute atomic E-state index is 0.694. The molecule has 0 radical (unpaired) electrons. The molecule has 0 atom stereocenters. The van der Waals surface area contributed by atoms with E-state index in [9.17, 15) is 0 Å². The first-order valence-electron chi connectivity index (χ1n) is 6.07. The van der Waals surface area contributed by atoms with Crippen molar-refractivity contribution >= 4 is 0 Å². The van der Waals surface area contributed by atoms with Crippen LogP contribution in [0.1, 0.15) is 15.5 Å². The van der Waals surface area contributed by atoms with Crippen molar-refractivity contribution < 1.29 is 8.68 Å². The summed E-state index contributed by atoms with van der Waals surface area (Å²) in [4.78, 5) is 0. The minimum Gasteiger partial charge on any atom is -0.237 e. The maximum absolute atomic E-state index is 7.43. The summed E-state index contributed by atoms with van der Waals surface area (Å²) < 4.78 is 25.5. The molecule has 2 aromatic rings. The maximum atomic E-state index is 7.43. The fraction of sp³-hybridized carbons (Fsp3) is 0.250. The monoisotopic (exact) mass is 190 g/mol. The van der Waals surface area contributed by atoms with Gasteiger partial charge in [-0.05, 0) is 18.6 Å². The molecule has 0 aliphatic rings. The molecule has 0 unspecified atom stereocenters. The van der Waals surface area contributed by atoms with Crippen LogP contribution in [0, 0.1) is 13.8 Å². The number of nitrogens with zero attached hydrogens (tertiary/aromatic N) is 2. The van der Waals surface area contributed by atoms with E-state index in [0.717, 1.165) is 11.3 Å². The Morgan fingerprint density at radius 2 is 2.07 bits per heavy atom. The Balaban J connectivity index is 2.56. The zero-order valence-corrected chi connectivity index (χ0v) is 8.36. The molecule has 0 fully saturated rings. The Bertz CT molecular complexity index is 541. The lowest BCUT2D eigenvalue weighted by atomic mass is 10.2. The number of hydrogen-bond acceptors (Lipinski definition) is 0. The summed E-state index contributed by atoms with van der Waals surface area (Å²) in [5.74, 6) is 0.694. The van der Waals surface area contributed by atoms with E-state index in [-0.39, 0.29) is 0 Å². The highest BCUT2D eigenvalue weighted by Gasteiger charge is 2.12. The summed E-state index contributed by atoms with van der Waals surface area (Å²) in [6.45, 7) is 1.69. The molecule has 1 heterocycles. The topological polar surface area (TPSA) is 8.81 Å². The van der Waals surface area contributed by atoms with E-state index in [2.05, 4.69) is 0 Å². The summed E-state index contributed by atoms with van der Waals surface area (Å²) in [7, 11) is 0. The third kappa shape index (κ3) is 1.33. The second-order valence-electron chi connectivity index (χ2n) is 3.37. The molecular formula is C12H15N2+. The van der Waals surface area contributed by atoms with Gasteiger partial charge in [0.2, 0.25) is 0 Å². The van der Waals surface area contributed by atoms with E-state index in [4.69, 9.17) is 4.11 Å².